The lowest BCUT2D eigenvalue weighted by atomic mass is 9.99. The third-order valence-corrected chi connectivity index (χ3v) is 7.21. The van der Waals surface area contributed by atoms with Gasteiger partial charge >= 0.3 is 7.60 Å². The molecule has 1 amide bonds. The van der Waals surface area contributed by atoms with Crippen LogP contribution in [0.1, 0.15) is 31.6 Å². The van der Waals surface area contributed by atoms with E-state index in [1.54, 1.807) is 72.8 Å². The molecule has 7 heteroatoms. The molecule has 0 aliphatic carbocycles. The van der Waals surface area contributed by atoms with Crippen LogP contribution in [0, 0.1) is 5.92 Å². The van der Waals surface area contributed by atoms with Gasteiger partial charge in [0, 0.05) is 0 Å². The van der Waals surface area contributed by atoms with Crippen LogP contribution in [-0.2, 0) is 9.36 Å². The Morgan fingerprint density at radius 2 is 1.31 bits per heavy atom. The molecule has 0 spiro atoms. The summed E-state index contributed by atoms with van der Waals surface area (Å²) in [7, 11) is -4.01. The number of benzene rings is 3. The molecule has 3 N–H and O–H groups in total. The van der Waals surface area contributed by atoms with Gasteiger partial charge in [0.25, 0.3) is 0 Å². The molecule has 0 heterocycles. The Labute approximate surface area is 189 Å². The Morgan fingerprint density at radius 1 is 0.875 bits per heavy atom. The summed E-state index contributed by atoms with van der Waals surface area (Å²) in [6, 6.07) is 25.8. The minimum absolute atomic E-state index is 0.0455. The summed E-state index contributed by atoms with van der Waals surface area (Å²) in [5, 5.41) is 2.85. The molecule has 0 bridgehead atoms. The first kappa shape index (κ1) is 23.6. The molecule has 0 saturated carbocycles. The fourth-order valence-corrected chi connectivity index (χ4v) is 5.01. The van der Waals surface area contributed by atoms with E-state index in [1.807, 2.05) is 32.0 Å². The van der Waals surface area contributed by atoms with Gasteiger partial charge in [-0.3, -0.25) is 4.79 Å². The molecule has 0 fully saturated rings. The molecule has 0 radical (unpaired) electrons. The third kappa shape index (κ3) is 6.00. The second-order valence-corrected chi connectivity index (χ2v) is 9.54. The molecular weight excluding hydrogens is 423 g/mol. The maximum absolute atomic E-state index is 14.4. The van der Waals surface area contributed by atoms with Gasteiger partial charge in [0.05, 0.1) is 6.04 Å². The number of hydrogen-bond acceptors (Lipinski definition) is 5. The highest BCUT2D eigenvalue weighted by Crippen LogP contribution is 2.58. The number of carbonyl (C=O) groups is 1. The molecular formula is C25H29N2O4P. The Balaban J connectivity index is 2.03. The highest BCUT2D eigenvalue weighted by atomic mass is 31.2. The molecule has 3 rings (SSSR count). The number of nitrogens with one attached hydrogen (secondary N) is 1. The van der Waals surface area contributed by atoms with Gasteiger partial charge in [0.15, 0.2) is 5.78 Å². The van der Waals surface area contributed by atoms with E-state index in [2.05, 4.69) is 5.32 Å². The fourth-order valence-electron chi connectivity index (χ4n) is 3.10. The molecule has 0 saturated heterocycles. The van der Waals surface area contributed by atoms with Crippen molar-refractivity contribution in [2.24, 2.45) is 11.7 Å². The quantitative estimate of drug-likeness (QED) is 0.395. The summed E-state index contributed by atoms with van der Waals surface area (Å²) in [5.74, 6) is -0.786. The minimum Gasteiger partial charge on any atom is -0.414 e. The van der Waals surface area contributed by atoms with Crippen molar-refractivity contribution in [2.75, 3.05) is 0 Å². The van der Waals surface area contributed by atoms with Crippen molar-refractivity contribution >= 4 is 13.5 Å². The standard InChI is InChI=1S/C25H29N2O4P/c1-3-19(2)23(26)24(28)27-25(20-13-7-4-8-14-20)32(29,30-21-15-9-5-10-16-21)31-22-17-11-6-12-18-22/h4-19,23,25H,3,26H2,1-2H3,(H,27,28)/t19-,23-,25?/m0/s1. The first-order valence-corrected chi connectivity index (χ1v) is 12.2. The minimum atomic E-state index is -4.01. The van der Waals surface area contributed by atoms with Crippen molar-refractivity contribution in [3.8, 4) is 11.5 Å². The summed E-state index contributed by atoms with van der Waals surface area (Å²) in [6.45, 7) is 3.87. The van der Waals surface area contributed by atoms with Gasteiger partial charge in [0.2, 0.25) is 5.91 Å². The van der Waals surface area contributed by atoms with E-state index in [-0.39, 0.29) is 5.92 Å². The first-order chi connectivity index (χ1) is 15.4. The van der Waals surface area contributed by atoms with Gasteiger partial charge in [-0.1, -0.05) is 87.0 Å². The van der Waals surface area contributed by atoms with Gasteiger partial charge in [-0.05, 0) is 35.7 Å². The van der Waals surface area contributed by atoms with E-state index in [0.29, 0.717) is 17.1 Å². The summed E-state index contributed by atoms with van der Waals surface area (Å²) in [6.07, 6.45) is 0.739. The number of carbonyl (C=O) groups excluding carboxylic acids is 1. The number of hydrogen-bond donors (Lipinski definition) is 2. The fraction of sp³-hybridized carbons (Fsp3) is 0.240. The molecule has 6 nitrogen and oxygen atoms in total. The van der Waals surface area contributed by atoms with Crippen LogP contribution in [0.3, 0.4) is 0 Å². The van der Waals surface area contributed by atoms with Crippen LogP contribution < -0.4 is 20.1 Å². The highest BCUT2D eigenvalue weighted by Gasteiger charge is 2.42. The van der Waals surface area contributed by atoms with Crippen molar-refractivity contribution in [3.63, 3.8) is 0 Å². The zero-order valence-electron chi connectivity index (χ0n) is 18.3. The van der Waals surface area contributed by atoms with Crippen molar-refractivity contribution in [1.82, 2.24) is 5.32 Å². The normalized spacial score (nSPS) is 14.1. The SMILES string of the molecule is CC[C@H](C)[C@H](N)C(=O)NC(c1ccccc1)P(=O)(Oc1ccccc1)Oc1ccccc1. The van der Waals surface area contributed by atoms with Crippen LogP contribution in [0.5, 0.6) is 11.5 Å². The van der Waals surface area contributed by atoms with E-state index in [4.69, 9.17) is 14.8 Å². The van der Waals surface area contributed by atoms with E-state index in [9.17, 15) is 9.36 Å². The predicted octanol–water partition coefficient (Wildman–Crippen LogP) is 5.53. The van der Waals surface area contributed by atoms with Crippen molar-refractivity contribution in [2.45, 2.75) is 32.1 Å². The Bertz CT molecular complexity index is 986. The largest absolute Gasteiger partial charge is 0.457 e. The lowest BCUT2D eigenvalue weighted by Gasteiger charge is -2.30. The van der Waals surface area contributed by atoms with Crippen molar-refractivity contribution in [3.05, 3.63) is 96.6 Å². The van der Waals surface area contributed by atoms with Gasteiger partial charge < -0.3 is 20.1 Å². The maximum Gasteiger partial charge on any atom is 0.457 e. The summed E-state index contributed by atoms with van der Waals surface area (Å²) >= 11 is 0. The van der Waals surface area contributed by atoms with Gasteiger partial charge in [-0.15, -0.1) is 0 Å². The average Bonchev–Trinajstić information content (AvgIpc) is 2.83. The molecule has 0 aliphatic heterocycles. The molecule has 0 aliphatic rings. The lowest BCUT2D eigenvalue weighted by Crippen LogP contribution is -2.46. The molecule has 0 aromatic heterocycles. The molecule has 3 aromatic rings. The summed E-state index contributed by atoms with van der Waals surface area (Å²) in [5.41, 5.74) is 6.75. The topological polar surface area (TPSA) is 90.7 Å². The second kappa shape index (κ2) is 11.0. The molecule has 32 heavy (non-hydrogen) atoms. The van der Waals surface area contributed by atoms with Crippen LogP contribution in [0.4, 0.5) is 0 Å². The molecule has 168 valence electrons. The molecule has 1 unspecified atom stereocenters. The summed E-state index contributed by atoms with van der Waals surface area (Å²) < 4.78 is 26.3. The van der Waals surface area contributed by atoms with Crippen molar-refractivity contribution < 1.29 is 18.4 Å². The first-order valence-electron chi connectivity index (χ1n) is 10.6. The van der Waals surface area contributed by atoms with E-state index >= 15 is 0 Å². The van der Waals surface area contributed by atoms with Crippen LogP contribution in [0.2, 0.25) is 0 Å². The summed E-state index contributed by atoms with van der Waals surface area (Å²) in [4.78, 5) is 13.0. The zero-order chi connectivity index (χ0) is 23.0. The second-order valence-electron chi connectivity index (χ2n) is 7.58. The Hall–Kier alpha value is -3.08. The monoisotopic (exact) mass is 452 g/mol. The smallest absolute Gasteiger partial charge is 0.414 e. The maximum atomic E-state index is 14.4. The zero-order valence-corrected chi connectivity index (χ0v) is 19.2. The van der Waals surface area contributed by atoms with E-state index < -0.39 is 25.3 Å². The third-order valence-electron chi connectivity index (χ3n) is 5.22. The van der Waals surface area contributed by atoms with Crippen LogP contribution in [0.15, 0.2) is 91.0 Å². The van der Waals surface area contributed by atoms with Gasteiger partial charge in [-0.2, -0.15) is 0 Å². The van der Waals surface area contributed by atoms with Gasteiger partial charge in [0.1, 0.15) is 11.5 Å². The predicted molar refractivity (Wildman–Crippen MR) is 127 cm³/mol. The highest BCUT2D eigenvalue weighted by molar-refractivity contribution is 7.55. The van der Waals surface area contributed by atoms with Gasteiger partial charge in [-0.25, -0.2) is 4.57 Å². The Kier molecular flexibility index (Phi) is 8.09. The Morgan fingerprint density at radius 3 is 1.75 bits per heavy atom. The van der Waals surface area contributed by atoms with Crippen LogP contribution >= 0.6 is 7.60 Å². The van der Waals surface area contributed by atoms with Crippen LogP contribution in [0.25, 0.3) is 0 Å². The van der Waals surface area contributed by atoms with E-state index in [1.165, 1.54) is 0 Å². The molecule has 3 aromatic carbocycles. The number of amides is 1. The lowest BCUT2D eigenvalue weighted by molar-refractivity contribution is -0.123. The molecule has 3 atom stereocenters. The number of rotatable bonds is 10. The number of nitrogens with two attached hydrogens (primary N) is 1. The van der Waals surface area contributed by atoms with E-state index in [0.717, 1.165) is 6.42 Å². The van der Waals surface area contributed by atoms with Crippen molar-refractivity contribution in [1.29, 1.82) is 0 Å². The average molecular weight is 452 g/mol. The van der Waals surface area contributed by atoms with Crippen LogP contribution in [-0.4, -0.2) is 11.9 Å². The number of para-hydroxylation sites is 2.